The van der Waals surface area contributed by atoms with Crippen LogP contribution in [-0.2, 0) is 11.3 Å². The van der Waals surface area contributed by atoms with E-state index in [9.17, 15) is 4.79 Å². The minimum atomic E-state index is 0.185. The Morgan fingerprint density at radius 3 is 2.97 bits per heavy atom. The second kappa shape index (κ2) is 8.27. The Hall–Kier alpha value is -3.69. The molecule has 6 rings (SSSR count). The van der Waals surface area contributed by atoms with Crippen LogP contribution in [0.15, 0.2) is 30.6 Å². The number of Topliss-reactive ketones (excluding diaryl/α,β-unsaturated/α-hetero) is 1. The summed E-state index contributed by atoms with van der Waals surface area (Å²) in [6.07, 6.45) is 8.45. The Morgan fingerprint density at radius 1 is 1.24 bits per heavy atom. The van der Waals surface area contributed by atoms with Crippen LogP contribution in [-0.4, -0.2) is 55.3 Å². The second-order valence-corrected chi connectivity index (χ2v) is 9.39. The third-order valence-corrected chi connectivity index (χ3v) is 7.09. The van der Waals surface area contributed by atoms with E-state index in [0.717, 1.165) is 55.8 Å². The number of nitrogen functional groups attached to an aromatic ring is 1. The van der Waals surface area contributed by atoms with Gasteiger partial charge in [0.15, 0.2) is 11.5 Å². The summed E-state index contributed by atoms with van der Waals surface area (Å²) in [6.45, 7) is 2.60. The highest BCUT2D eigenvalue weighted by atomic mass is 16.5. The van der Waals surface area contributed by atoms with Gasteiger partial charge in [-0.3, -0.25) is 9.48 Å². The maximum atomic E-state index is 11.6. The van der Waals surface area contributed by atoms with Gasteiger partial charge in [-0.25, -0.2) is 9.97 Å². The lowest BCUT2D eigenvalue weighted by Crippen LogP contribution is -2.34. The molecular weight excluding hydrogens is 432 g/mol. The number of nitrogens with two attached hydrogens (primary N) is 1. The van der Waals surface area contributed by atoms with Crippen molar-refractivity contribution < 1.29 is 9.53 Å². The zero-order chi connectivity index (χ0) is 23.2. The normalized spacial score (nSPS) is 21.1. The minimum Gasteiger partial charge on any atom is -0.494 e. The van der Waals surface area contributed by atoms with Crippen LogP contribution >= 0.6 is 0 Å². The average molecular weight is 461 g/mol. The molecule has 1 saturated heterocycles. The number of fused-ring (bicyclic) bond motifs is 3. The van der Waals surface area contributed by atoms with Crippen LogP contribution in [0.2, 0.25) is 0 Å². The highest BCUT2D eigenvalue weighted by Crippen LogP contribution is 2.32. The van der Waals surface area contributed by atoms with Crippen LogP contribution < -0.4 is 15.4 Å². The molecule has 1 aliphatic carbocycles. The zero-order valence-electron chi connectivity index (χ0n) is 19.2. The first-order valence-corrected chi connectivity index (χ1v) is 11.9. The molecule has 2 N–H and O–H groups in total. The Labute approximate surface area is 196 Å². The van der Waals surface area contributed by atoms with Crippen LogP contribution in [0.5, 0.6) is 5.75 Å². The van der Waals surface area contributed by atoms with Crippen molar-refractivity contribution in [2.75, 3.05) is 30.8 Å². The number of nitrogens with zero attached hydrogens (tertiary/aromatic N) is 7. The zero-order valence-corrected chi connectivity index (χ0v) is 19.2. The molecule has 1 saturated carbocycles. The summed E-state index contributed by atoms with van der Waals surface area (Å²) >= 11 is 0. The number of para-hydroxylation sites is 1. The number of ether oxygens (including phenoxy) is 1. The highest BCUT2D eigenvalue weighted by Gasteiger charge is 2.27. The fraction of sp³-hybridized carbons (Fsp3) is 0.458. The number of carbonyl (C=O) groups excluding carboxylic acids is 1. The molecule has 3 aromatic heterocycles. The molecule has 2 unspecified atom stereocenters. The van der Waals surface area contributed by atoms with Crippen molar-refractivity contribution in [3.8, 4) is 5.75 Å². The topological polar surface area (TPSA) is 116 Å². The number of hydrogen-bond donors (Lipinski definition) is 1. The van der Waals surface area contributed by atoms with Crippen molar-refractivity contribution in [3.05, 3.63) is 36.4 Å². The number of hydrogen-bond acceptors (Lipinski definition) is 8. The lowest BCUT2D eigenvalue weighted by molar-refractivity contribution is -0.117. The maximum Gasteiger partial charge on any atom is 0.223 e. The van der Waals surface area contributed by atoms with Gasteiger partial charge in [0.1, 0.15) is 17.0 Å². The quantitative estimate of drug-likeness (QED) is 0.483. The van der Waals surface area contributed by atoms with E-state index in [1.54, 1.807) is 11.6 Å². The fourth-order valence-electron chi connectivity index (χ4n) is 5.33. The first kappa shape index (κ1) is 20.9. The number of ketones is 1. The molecule has 1 aliphatic heterocycles. The maximum absolute atomic E-state index is 11.6. The number of methoxy groups -OCH3 is 1. The summed E-state index contributed by atoms with van der Waals surface area (Å²) in [5.74, 6) is 2.71. The molecule has 0 amide bonds. The van der Waals surface area contributed by atoms with E-state index in [4.69, 9.17) is 20.6 Å². The molecule has 4 aromatic rings. The van der Waals surface area contributed by atoms with Gasteiger partial charge in [0.05, 0.1) is 19.0 Å². The van der Waals surface area contributed by atoms with Crippen LogP contribution in [0, 0.1) is 5.92 Å². The first-order chi connectivity index (χ1) is 16.6. The SMILES string of the molecule is COc1cccc2c1nc(N)n1nc(C3CCCN(c4cnn(CC5CCC(=O)C5)c4)C3)nc21. The van der Waals surface area contributed by atoms with Gasteiger partial charge in [0.2, 0.25) is 5.95 Å². The molecule has 10 nitrogen and oxygen atoms in total. The monoisotopic (exact) mass is 460 g/mol. The number of benzene rings is 1. The molecule has 0 bridgehead atoms. The molecule has 10 heteroatoms. The summed E-state index contributed by atoms with van der Waals surface area (Å²) in [4.78, 5) is 23.4. The minimum absolute atomic E-state index is 0.185. The highest BCUT2D eigenvalue weighted by molar-refractivity contribution is 5.95. The Bertz CT molecular complexity index is 1380. The molecule has 0 radical (unpaired) electrons. The van der Waals surface area contributed by atoms with Crippen LogP contribution in [0.4, 0.5) is 11.6 Å². The molecule has 2 aliphatic rings. The summed E-state index contributed by atoms with van der Waals surface area (Å²) in [5.41, 5.74) is 8.73. The molecule has 2 fully saturated rings. The van der Waals surface area contributed by atoms with Crippen molar-refractivity contribution in [2.24, 2.45) is 5.92 Å². The van der Waals surface area contributed by atoms with Crippen molar-refractivity contribution >= 4 is 34.0 Å². The van der Waals surface area contributed by atoms with Gasteiger partial charge >= 0.3 is 0 Å². The number of aromatic nitrogens is 6. The van der Waals surface area contributed by atoms with E-state index in [2.05, 4.69) is 21.2 Å². The lowest BCUT2D eigenvalue weighted by Gasteiger charge is -2.32. The van der Waals surface area contributed by atoms with Gasteiger partial charge < -0.3 is 15.4 Å². The van der Waals surface area contributed by atoms with Gasteiger partial charge in [0, 0.05) is 50.0 Å². The van der Waals surface area contributed by atoms with Gasteiger partial charge in [-0.05, 0) is 37.3 Å². The number of carbonyl (C=O) groups is 1. The molecule has 176 valence electrons. The van der Waals surface area contributed by atoms with E-state index >= 15 is 0 Å². The lowest BCUT2D eigenvalue weighted by atomic mass is 9.97. The van der Waals surface area contributed by atoms with E-state index in [0.29, 0.717) is 47.4 Å². The Kier molecular flexibility index (Phi) is 5.08. The molecule has 4 heterocycles. The van der Waals surface area contributed by atoms with E-state index in [1.165, 1.54) is 0 Å². The standard InChI is InChI=1S/C24H28N8O2/c1-34-20-6-2-5-19-21(20)27-24(25)32-23(19)28-22(29-32)16-4-3-9-30(13-16)17-11-26-31(14-17)12-15-7-8-18(33)10-15/h2,5-6,11,14-16H,3-4,7-10,12-13H2,1H3,(H2,25,27). The molecule has 1 aromatic carbocycles. The second-order valence-electron chi connectivity index (χ2n) is 9.39. The summed E-state index contributed by atoms with van der Waals surface area (Å²) in [5, 5.41) is 10.2. The van der Waals surface area contributed by atoms with Crippen molar-refractivity contribution in [3.63, 3.8) is 0 Å². The van der Waals surface area contributed by atoms with Gasteiger partial charge in [-0.15, -0.1) is 5.10 Å². The van der Waals surface area contributed by atoms with Crippen molar-refractivity contribution in [1.82, 2.24) is 29.4 Å². The molecule has 0 spiro atoms. The van der Waals surface area contributed by atoms with Crippen molar-refractivity contribution in [2.45, 2.75) is 44.6 Å². The predicted molar refractivity (Wildman–Crippen MR) is 128 cm³/mol. The number of anilines is 2. The molecule has 2 atom stereocenters. The number of piperidine rings is 1. The molecular formula is C24H28N8O2. The van der Waals surface area contributed by atoms with Gasteiger partial charge in [-0.2, -0.15) is 9.61 Å². The Balaban J connectivity index is 1.25. The summed E-state index contributed by atoms with van der Waals surface area (Å²) in [7, 11) is 1.62. The predicted octanol–water partition coefficient (Wildman–Crippen LogP) is 2.82. The largest absolute Gasteiger partial charge is 0.494 e. The van der Waals surface area contributed by atoms with Gasteiger partial charge in [0.25, 0.3) is 0 Å². The summed E-state index contributed by atoms with van der Waals surface area (Å²) < 4.78 is 9.08. The van der Waals surface area contributed by atoms with Crippen LogP contribution in [0.25, 0.3) is 16.6 Å². The third kappa shape index (κ3) is 3.63. The van der Waals surface area contributed by atoms with Crippen LogP contribution in [0.1, 0.15) is 43.8 Å². The number of rotatable bonds is 5. The average Bonchev–Trinajstić information content (AvgIpc) is 3.59. The smallest absolute Gasteiger partial charge is 0.223 e. The van der Waals surface area contributed by atoms with E-state index in [-0.39, 0.29) is 5.92 Å². The van der Waals surface area contributed by atoms with Crippen molar-refractivity contribution in [1.29, 1.82) is 0 Å². The van der Waals surface area contributed by atoms with E-state index in [1.807, 2.05) is 29.1 Å². The fourth-order valence-corrected chi connectivity index (χ4v) is 5.33. The summed E-state index contributed by atoms with van der Waals surface area (Å²) in [6, 6.07) is 5.76. The third-order valence-electron chi connectivity index (χ3n) is 7.09. The van der Waals surface area contributed by atoms with E-state index < -0.39 is 0 Å². The first-order valence-electron chi connectivity index (χ1n) is 11.9. The van der Waals surface area contributed by atoms with Crippen LogP contribution in [0.3, 0.4) is 0 Å². The molecule has 34 heavy (non-hydrogen) atoms. The Morgan fingerprint density at radius 2 is 2.15 bits per heavy atom. The van der Waals surface area contributed by atoms with Gasteiger partial charge in [-0.1, -0.05) is 6.07 Å².